The Labute approximate surface area is 113 Å². The lowest BCUT2D eigenvalue weighted by Gasteiger charge is -2.21. The van der Waals surface area contributed by atoms with Crippen molar-refractivity contribution in [3.05, 3.63) is 23.7 Å². The Morgan fingerprint density at radius 1 is 1.22 bits per heavy atom. The summed E-state index contributed by atoms with van der Waals surface area (Å²) >= 11 is 0. The monoisotopic (exact) mass is 250 g/mol. The van der Waals surface area contributed by atoms with Crippen LogP contribution in [0.2, 0.25) is 0 Å². The van der Waals surface area contributed by atoms with Gasteiger partial charge < -0.3 is 9.31 Å². The van der Waals surface area contributed by atoms with E-state index in [4.69, 9.17) is 9.31 Å². The second-order valence-electron chi connectivity index (χ2n) is 5.97. The fourth-order valence-electron chi connectivity index (χ4n) is 1.74. The van der Waals surface area contributed by atoms with E-state index in [-0.39, 0.29) is 12.5 Å². The first-order valence-electron chi connectivity index (χ1n) is 7.15. The molecule has 2 nitrogen and oxygen atoms in total. The van der Waals surface area contributed by atoms with Crippen LogP contribution in [0.15, 0.2) is 23.7 Å². The zero-order valence-electron chi connectivity index (χ0n) is 12.4. The zero-order chi connectivity index (χ0) is 13.4. The molecule has 0 amide bonds. The van der Waals surface area contributed by atoms with Crippen molar-refractivity contribution in [2.45, 2.75) is 53.4 Å². The molecule has 0 N–H and O–H groups in total. The van der Waals surface area contributed by atoms with Gasteiger partial charge in [0.15, 0.2) is 0 Å². The summed E-state index contributed by atoms with van der Waals surface area (Å²) in [5.41, 5.74) is 1.37. The molecule has 1 rings (SSSR count). The maximum atomic E-state index is 5.69. The van der Waals surface area contributed by atoms with Crippen LogP contribution >= 0.6 is 0 Å². The second kappa shape index (κ2) is 7.80. The SMILES string of the molecule is CCCC/C=C(/C=C/C(C)(C)C)B1OCCCO1. The van der Waals surface area contributed by atoms with E-state index in [0.717, 1.165) is 26.1 Å². The van der Waals surface area contributed by atoms with Crippen molar-refractivity contribution < 1.29 is 9.31 Å². The molecule has 1 fully saturated rings. The van der Waals surface area contributed by atoms with Gasteiger partial charge in [-0.25, -0.2) is 0 Å². The third kappa shape index (κ3) is 6.41. The Bertz CT molecular complexity index is 283. The quantitative estimate of drug-likeness (QED) is 0.414. The predicted octanol–water partition coefficient (Wildman–Crippen LogP) is 4.17. The van der Waals surface area contributed by atoms with Gasteiger partial charge in [-0.05, 0) is 23.7 Å². The van der Waals surface area contributed by atoms with Crippen molar-refractivity contribution >= 4 is 7.12 Å². The lowest BCUT2D eigenvalue weighted by atomic mass is 9.75. The fraction of sp³-hybridized carbons (Fsp3) is 0.733. The van der Waals surface area contributed by atoms with Crippen LogP contribution in [0.3, 0.4) is 0 Å². The topological polar surface area (TPSA) is 18.5 Å². The summed E-state index contributed by atoms with van der Waals surface area (Å²) in [5, 5.41) is 0. The predicted molar refractivity (Wildman–Crippen MR) is 78.5 cm³/mol. The summed E-state index contributed by atoms with van der Waals surface area (Å²) in [6.45, 7) is 10.4. The summed E-state index contributed by atoms with van der Waals surface area (Å²) in [6.07, 6.45) is 11.2. The summed E-state index contributed by atoms with van der Waals surface area (Å²) in [6, 6.07) is 0. The van der Waals surface area contributed by atoms with Gasteiger partial charge in [-0.2, -0.15) is 0 Å². The molecule has 1 aliphatic heterocycles. The first kappa shape index (κ1) is 15.5. The third-order valence-electron chi connectivity index (χ3n) is 2.81. The van der Waals surface area contributed by atoms with Gasteiger partial charge in [0.2, 0.25) is 0 Å². The minimum Gasteiger partial charge on any atom is -0.407 e. The Morgan fingerprint density at radius 2 is 1.89 bits per heavy atom. The molecule has 1 heterocycles. The maximum Gasteiger partial charge on any atom is 0.493 e. The van der Waals surface area contributed by atoms with Gasteiger partial charge in [0, 0.05) is 13.2 Å². The Morgan fingerprint density at radius 3 is 2.44 bits per heavy atom. The van der Waals surface area contributed by atoms with E-state index >= 15 is 0 Å². The van der Waals surface area contributed by atoms with E-state index in [2.05, 4.69) is 45.9 Å². The van der Waals surface area contributed by atoms with Gasteiger partial charge in [0.1, 0.15) is 0 Å². The molecule has 0 aromatic heterocycles. The average Bonchev–Trinajstić information content (AvgIpc) is 2.33. The molecule has 0 bridgehead atoms. The van der Waals surface area contributed by atoms with Crippen molar-refractivity contribution in [3.8, 4) is 0 Å². The molecule has 18 heavy (non-hydrogen) atoms. The average molecular weight is 250 g/mol. The summed E-state index contributed by atoms with van der Waals surface area (Å²) in [4.78, 5) is 0. The maximum absolute atomic E-state index is 5.69. The fourth-order valence-corrected chi connectivity index (χ4v) is 1.74. The molecular formula is C15H27BO2. The van der Waals surface area contributed by atoms with Crippen molar-refractivity contribution in [2.24, 2.45) is 5.41 Å². The first-order valence-corrected chi connectivity index (χ1v) is 7.15. The lowest BCUT2D eigenvalue weighted by molar-refractivity contribution is 0.140. The molecule has 0 atom stereocenters. The van der Waals surface area contributed by atoms with Crippen LogP contribution in [0.1, 0.15) is 53.4 Å². The third-order valence-corrected chi connectivity index (χ3v) is 2.81. The second-order valence-corrected chi connectivity index (χ2v) is 5.97. The van der Waals surface area contributed by atoms with E-state index in [1.165, 1.54) is 18.3 Å². The van der Waals surface area contributed by atoms with Crippen LogP contribution in [0.25, 0.3) is 0 Å². The van der Waals surface area contributed by atoms with Crippen LogP contribution in [-0.2, 0) is 9.31 Å². The van der Waals surface area contributed by atoms with E-state index in [1.54, 1.807) is 0 Å². The number of hydrogen-bond donors (Lipinski definition) is 0. The Hall–Kier alpha value is -0.535. The summed E-state index contributed by atoms with van der Waals surface area (Å²) < 4.78 is 11.4. The summed E-state index contributed by atoms with van der Waals surface area (Å²) in [7, 11) is -0.158. The molecule has 102 valence electrons. The molecule has 1 aliphatic rings. The molecule has 1 saturated heterocycles. The molecule has 0 radical (unpaired) electrons. The van der Waals surface area contributed by atoms with Crippen LogP contribution < -0.4 is 0 Å². The van der Waals surface area contributed by atoms with Gasteiger partial charge in [-0.3, -0.25) is 0 Å². The van der Waals surface area contributed by atoms with Gasteiger partial charge in [0.05, 0.1) is 0 Å². The van der Waals surface area contributed by atoms with Gasteiger partial charge >= 0.3 is 7.12 Å². The first-order chi connectivity index (χ1) is 8.53. The van der Waals surface area contributed by atoms with Crippen LogP contribution in [0.5, 0.6) is 0 Å². The van der Waals surface area contributed by atoms with E-state index in [0.29, 0.717) is 0 Å². The van der Waals surface area contributed by atoms with E-state index in [1.807, 2.05) is 0 Å². The van der Waals surface area contributed by atoms with Gasteiger partial charge in [-0.15, -0.1) is 0 Å². The van der Waals surface area contributed by atoms with E-state index in [9.17, 15) is 0 Å². The van der Waals surface area contributed by atoms with Crippen molar-refractivity contribution in [1.29, 1.82) is 0 Å². The van der Waals surface area contributed by atoms with Crippen molar-refractivity contribution in [2.75, 3.05) is 13.2 Å². The van der Waals surface area contributed by atoms with Crippen LogP contribution in [0, 0.1) is 5.41 Å². The Balaban J connectivity index is 2.67. The molecular weight excluding hydrogens is 223 g/mol. The zero-order valence-corrected chi connectivity index (χ0v) is 12.4. The lowest BCUT2D eigenvalue weighted by Crippen LogP contribution is -2.31. The van der Waals surface area contributed by atoms with E-state index < -0.39 is 0 Å². The molecule has 3 heteroatoms. The van der Waals surface area contributed by atoms with Gasteiger partial charge in [-0.1, -0.05) is 58.8 Å². The van der Waals surface area contributed by atoms with Crippen molar-refractivity contribution in [3.63, 3.8) is 0 Å². The summed E-state index contributed by atoms with van der Waals surface area (Å²) in [5.74, 6) is 0. The number of unbranched alkanes of at least 4 members (excludes halogenated alkanes) is 2. The molecule has 0 spiro atoms. The van der Waals surface area contributed by atoms with Crippen LogP contribution in [-0.4, -0.2) is 20.3 Å². The largest absolute Gasteiger partial charge is 0.493 e. The van der Waals surface area contributed by atoms with Crippen LogP contribution in [0.4, 0.5) is 0 Å². The molecule has 0 saturated carbocycles. The van der Waals surface area contributed by atoms with Crippen molar-refractivity contribution in [1.82, 2.24) is 0 Å². The number of rotatable bonds is 5. The standard InChI is InChI=1S/C15H27BO2/c1-5-6-7-9-14(10-11-15(2,3)4)16-17-12-8-13-18-16/h9-11H,5-8,12-13H2,1-4H3/b11-10+,14-9-. The molecule has 0 aromatic carbocycles. The minimum atomic E-state index is -0.158. The Kier molecular flexibility index (Phi) is 6.73. The molecule has 0 aromatic rings. The smallest absolute Gasteiger partial charge is 0.407 e. The molecule has 0 aliphatic carbocycles. The highest BCUT2D eigenvalue weighted by molar-refractivity contribution is 6.54. The van der Waals surface area contributed by atoms with Gasteiger partial charge in [0.25, 0.3) is 0 Å². The number of allylic oxidation sites excluding steroid dienone is 4. The normalized spacial score (nSPS) is 18.7. The minimum absolute atomic E-state index is 0.158. The number of hydrogen-bond acceptors (Lipinski definition) is 2. The highest BCUT2D eigenvalue weighted by Crippen LogP contribution is 2.19. The highest BCUT2D eigenvalue weighted by atomic mass is 16.6. The highest BCUT2D eigenvalue weighted by Gasteiger charge is 2.25. The molecule has 0 unspecified atom stereocenters.